The molecule has 1 aliphatic rings. The van der Waals surface area contributed by atoms with Crippen LogP contribution >= 0.6 is 0 Å². The number of carbonyl (C=O) groups is 2. The van der Waals surface area contributed by atoms with E-state index in [2.05, 4.69) is 9.84 Å². The summed E-state index contributed by atoms with van der Waals surface area (Å²) >= 11 is 0. The SMILES string of the molecule is CCOC(=O)C(=O)N1N=C(c2ccc(C)cc2)C[C@]1(O)C(F)(F)F. The van der Waals surface area contributed by atoms with E-state index in [-0.39, 0.29) is 17.3 Å². The summed E-state index contributed by atoms with van der Waals surface area (Å²) in [4.78, 5) is 23.4. The molecule has 6 nitrogen and oxygen atoms in total. The molecule has 24 heavy (non-hydrogen) atoms. The third kappa shape index (κ3) is 3.12. The molecular weight excluding hydrogens is 329 g/mol. The molecule has 2 rings (SSSR count). The standard InChI is InChI=1S/C15H15F3N2O4/c1-3-24-13(22)12(21)20-14(23,15(16,17)18)8-11(19-20)10-6-4-9(2)5-7-10/h4-7,23H,3,8H2,1-2H3/t14-/m0/s1. The number of esters is 1. The number of halogens is 3. The molecule has 1 amide bonds. The van der Waals surface area contributed by atoms with Crippen LogP contribution in [0.1, 0.15) is 24.5 Å². The van der Waals surface area contributed by atoms with Gasteiger partial charge in [-0.1, -0.05) is 29.8 Å². The van der Waals surface area contributed by atoms with Gasteiger partial charge in [0.1, 0.15) is 0 Å². The second-order valence-electron chi connectivity index (χ2n) is 5.24. The number of hydrogen-bond acceptors (Lipinski definition) is 5. The molecule has 1 aromatic carbocycles. The van der Waals surface area contributed by atoms with Crippen molar-refractivity contribution in [3.8, 4) is 0 Å². The molecule has 0 unspecified atom stereocenters. The summed E-state index contributed by atoms with van der Waals surface area (Å²) in [5.74, 6) is -3.20. The van der Waals surface area contributed by atoms with Crippen molar-refractivity contribution >= 4 is 17.6 Å². The van der Waals surface area contributed by atoms with Gasteiger partial charge < -0.3 is 9.84 Å². The van der Waals surface area contributed by atoms with E-state index < -0.39 is 30.2 Å². The van der Waals surface area contributed by atoms with Crippen molar-refractivity contribution in [1.82, 2.24) is 5.01 Å². The van der Waals surface area contributed by atoms with E-state index in [9.17, 15) is 27.9 Å². The highest BCUT2D eigenvalue weighted by Gasteiger charge is 2.64. The van der Waals surface area contributed by atoms with Gasteiger partial charge in [-0.25, -0.2) is 4.79 Å². The normalized spacial score (nSPS) is 20.8. The number of hydrogen-bond donors (Lipinski definition) is 1. The molecule has 1 N–H and O–H groups in total. The van der Waals surface area contributed by atoms with E-state index in [0.717, 1.165) is 5.56 Å². The summed E-state index contributed by atoms with van der Waals surface area (Å²) in [6.45, 7) is 2.99. The first kappa shape index (κ1) is 17.9. The van der Waals surface area contributed by atoms with Crippen molar-refractivity contribution in [2.45, 2.75) is 32.2 Å². The van der Waals surface area contributed by atoms with Crippen molar-refractivity contribution in [1.29, 1.82) is 0 Å². The topological polar surface area (TPSA) is 79.2 Å². The Kier molecular flexibility index (Phi) is 4.66. The van der Waals surface area contributed by atoms with Gasteiger partial charge >= 0.3 is 18.1 Å². The number of hydrazone groups is 1. The summed E-state index contributed by atoms with van der Waals surface area (Å²) in [5.41, 5.74) is -2.57. The molecule has 0 aliphatic carbocycles. The third-order valence-electron chi connectivity index (χ3n) is 3.47. The minimum Gasteiger partial charge on any atom is -0.459 e. The average Bonchev–Trinajstić information content (AvgIpc) is 2.86. The maximum Gasteiger partial charge on any atom is 0.438 e. The van der Waals surface area contributed by atoms with Gasteiger partial charge in [0.2, 0.25) is 0 Å². The van der Waals surface area contributed by atoms with Crippen molar-refractivity contribution in [3.63, 3.8) is 0 Å². The van der Waals surface area contributed by atoms with E-state index in [1.54, 1.807) is 19.1 Å². The quantitative estimate of drug-likeness (QED) is 0.655. The van der Waals surface area contributed by atoms with Gasteiger partial charge in [0, 0.05) is 0 Å². The van der Waals surface area contributed by atoms with Gasteiger partial charge in [-0.05, 0) is 19.4 Å². The number of ether oxygens (including phenoxy) is 1. The molecule has 0 saturated heterocycles. The van der Waals surface area contributed by atoms with Gasteiger partial charge in [-0.15, -0.1) is 0 Å². The maximum absolute atomic E-state index is 13.3. The summed E-state index contributed by atoms with van der Waals surface area (Å²) in [6.07, 6.45) is -6.18. The van der Waals surface area contributed by atoms with E-state index in [1.165, 1.54) is 19.1 Å². The lowest BCUT2D eigenvalue weighted by Gasteiger charge is -2.31. The van der Waals surface area contributed by atoms with Crippen LogP contribution in [-0.2, 0) is 14.3 Å². The van der Waals surface area contributed by atoms with E-state index in [4.69, 9.17) is 0 Å². The smallest absolute Gasteiger partial charge is 0.438 e. The zero-order valence-corrected chi connectivity index (χ0v) is 12.9. The van der Waals surface area contributed by atoms with Crippen molar-refractivity contribution in [2.24, 2.45) is 5.10 Å². The molecule has 1 aliphatic heterocycles. The van der Waals surface area contributed by atoms with Gasteiger partial charge in [0.25, 0.3) is 5.72 Å². The number of alkyl halides is 3. The fourth-order valence-corrected chi connectivity index (χ4v) is 2.17. The van der Waals surface area contributed by atoms with E-state index in [0.29, 0.717) is 5.56 Å². The van der Waals surface area contributed by atoms with Crippen molar-refractivity contribution < 1.29 is 32.6 Å². The van der Waals surface area contributed by atoms with E-state index >= 15 is 0 Å². The van der Waals surface area contributed by atoms with Crippen LogP contribution in [0, 0.1) is 6.92 Å². The monoisotopic (exact) mass is 344 g/mol. The summed E-state index contributed by atoms with van der Waals surface area (Å²) in [6, 6.07) is 6.34. The maximum atomic E-state index is 13.3. The molecule has 9 heteroatoms. The number of amides is 1. The van der Waals surface area contributed by atoms with Crippen molar-refractivity contribution in [2.75, 3.05) is 6.61 Å². The lowest BCUT2D eigenvalue weighted by molar-refractivity contribution is -0.302. The fraction of sp³-hybridized carbons (Fsp3) is 0.400. The van der Waals surface area contributed by atoms with Crippen molar-refractivity contribution in [3.05, 3.63) is 35.4 Å². The highest BCUT2D eigenvalue weighted by atomic mass is 19.4. The lowest BCUT2D eigenvalue weighted by Crippen LogP contribution is -2.58. The largest absolute Gasteiger partial charge is 0.459 e. The van der Waals surface area contributed by atoms with Crippen LogP contribution in [0.25, 0.3) is 0 Å². The zero-order chi connectivity index (χ0) is 18.1. The molecule has 0 aromatic heterocycles. The summed E-state index contributed by atoms with van der Waals surface area (Å²) < 4.78 is 44.3. The molecule has 0 fully saturated rings. The van der Waals surface area contributed by atoms with Crippen LogP contribution in [0.2, 0.25) is 0 Å². The summed E-state index contributed by atoms with van der Waals surface area (Å²) in [7, 11) is 0. The Balaban J connectivity index is 2.43. The molecule has 0 saturated carbocycles. The molecule has 0 radical (unpaired) electrons. The van der Waals surface area contributed by atoms with E-state index in [1.807, 2.05) is 0 Å². The minimum absolute atomic E-state index is 0.160. The number of aliphatic hydroxyl groups is 1. The van der Waals surface area contributed by atoms with Crippen LogP contribution in [0.4, 0.5) is 13.2 Å². The molecule has 130 valence electrons. The fourth-order valence-electron chi connectivity index (χ4n) is 2.17. The summed E-state index contributed by atoms with van der Waals surface area (Å²) in [5, 5.41) is 13.3. The van der Waals surface area contributed by atoms with Gasteiger partial charge in [0.15, 0.2) is 0 Å². The number of carbonyl (C=O) groups excluding carboxylic acids is 2. The van der Waals surface area contributed by atoms with Crippen LogP contribution in [0.15, 0.2) is 29.4 Å². The predicted molar refractivity (Wildman–Crippen MR) is 76.8 cm³/mol. The Bertz CT molecular complexity index is 685. The first-order valence-electron chi connectivity index (χ1n) is 7.05. The van der Waals surface area contributed by atoms with Gasteiger partial charge in [0.05, 0.1) is 18.7 Å². The first-order chi connectivity index (χ1) is 11.1. The molecule has 1 aromatic rings. The highest BCUT2D eigenvalue weighted by Crippen LogP contribution is 2.41. The third-order valence-corrected chi connectivity index (χ3v) is 3.47. The van der Waals surface area contributed by atoms with Gasteiger partial charge in [-0.3, -0.25) is 4.79 Å². The Hall–Kier alpha value is -2.42. The number of benzene rings is 1. The second-order valence-corrected chi connectivity index (χ2v) is 5.24. The van der Waals surface area contributed by atoms with Crippen LogP contribution < -0.4 is 0 Å². The second kappa shape index (κ2) is 6.23. The average molecular weight is 344 g/mol. The highest BCUT2D eigenvalue weighted by molar-refractivity contribution is 6.33. The number of rotatable bonds is 2. The zero-order valence-electron chi connectivity index (χ0n) is 12.9. The molecule has 1 atom stereocenters. The van der Waals surface area contributed by atoms with Crippen LogP contribution in [0.3, 0.4) is 0 Å². The predicted octanol–water partition coefficient (Wildman–Crippen LogP) is 1.75. The molecular formula is C15H15F3N2O4. The Morgan fingerprint density at radius 3 is 2.42 bits per heavy atom. The lowest BCUT2D eigenvalue weighted by atomic mass is 10.00. The van der Waals surface area contributed by atoms with Crippen LogP contribution in [0.5, 0.6) is 0 Å². The Morgan fingerprint density at radius 2 is 1.92 bits per heavy atom. The Morgan fingerprint density at radius 1 is 1.33 bits per heavy atom. The molecule has 0 spiro atoms. The molecule has 1 heterocycles. The van der Waals surface area contributed by atoms with Gasteiger partial charge in [-0.2, -0.15) is 23.3 Å². The van der Waals surface area contributed by atoms with Crippen LogP contribution in [-0.4, -0.2) is 46.2 Å². The Labute approximate surface area is 135 Å². The first-order valence-corrected chi connectivity index (χ1v) is 7.05. The number of nitrogens with zero attached hydrogens (tertiary/aromatic N) is 2. The molecule has 0 bridgehead atoms. The minimum atomic E-state index is -5.20. The number of aryl methyl sites for hydroxylation is 1.